The van der Waals surface area contributed by atoms with Crippen molar-refractivity contribution >= 4 is 21.6 Å². The van der Waals surface area contributed by atoms with E-state index in [1.165, 1.54) is 0 Å². The summed E-state index contributed by atoms with van der Waals surface area (Å²) < 4.78 is 23.6. The van der Waals surface area contributed by atoms with Gasteiger partial charge in [-0.1, -0.05) is 0 Å². The SMILES string of the molecule is CO/N=[N+](/[O-])CC(=O)NNS(=O)(=O)c1ccc([N+](=O)[O-])cc1. The minimum absolute atomic E-state index is 0.102. The van der Waals surface area contributed by atoms with E-state index in [0.29, 0.717) is 0 Å². The Labute approximate surface area is 124 Å². The number of nitrogens with zero attached hydrogens (tertiary/aromatic N) is 3. The number of nitrogens with one attached hydrogen (secondary N) is 2. The molecule has 0 unspecified atom stereocenters. The monoisotopic (exact) mass is 333 g/mol. The highest BCUT2D eigenvalue weighted by atomic mass is 32.2. The average molecular weight is 333 g/mol. The standard InChI is InChI=1S/C9H11N5O7S/c1-21-12-13(16)6-9(15)10-11-22(19,20)8-4-2-7(3-5-8)14(17)18/h2-5,11H,6H2,1H3,(H,10,15)/b13-12+. The number of hydrazine groups is 1. The molecule has 0 aliphatic rings. The molecule has 0 heterocycles. The van der Waals surface area contributed by atoms with Gasteiger partial charge < -0.3 is 10.0 Å². The highest BCUT2D eigenvalue weighted by Gasteiger charge is 2.18. The van der Waals surface area contributed by atoms with Crippen molar-refractivity contribution in [1.82, 2.24) is 10.3 Å². The highest BCUT2D eigenvalue weighted by Crippen LogP contribution is 2.15. The molecule has 1 aromatic carbocycles. The van der Waals surface area contributed by atoms with Gasteiger partial charge in [0.05, 0.1) is 9.82 Å². The molecular formula is C9H11N5O7S. The molecule has 1 rings (SSSR count). The van der Waals surface area contributed by atoms with E-state index in [1.807, 2.05) is 0 Å². The van der Waals surface area contributed by atoms with Crippen molar-refractivity contribution in [3.63, 3.8) is 0 Å². The summed E-state index contributed by atoms with van der Waals surface area (Å²) in [7, 11) is -3.04. The molecule has 0 saturated carbocycles. The molecule has 0 bridgehead atoms. The molecule has 22 heavy (non-hydrogen) atoms. The molecule has 0 saturated heterocycles. The zero-order valence-electron chi connectivity index (χ0n) is 11.1. The third-order valence-corrected chi connectivity index (χ3v) is 3.40. The average Bonchev–Trinajstić information content (AvgIpc) is 2.45. The van der Waals surface area contributed by atoms with Crippen LogP contribution in [0.25, 0.3) is 0 Å². The number of hydroxylamine groups is 1. The second-order valence-corrected chi connectivity index (χ2v) is 5.36. The topological polar surface area (TPSA) is 166 Å². The summed E-state index contributed by atoms with van der Waals surface area (Å²) in [6.45, 7) is -0.795. The van der Waals surface area contributed by atoms with Crippen LogP contribution in [0.3, 0.4) is 0 Å². The summed E-state index contributed by atoms with van der Waals surface area (Å²) in [6.07, 6.45) is 0. The maximum absolute atomic E-state index is 11.8. The Hall–Kier alpha value is -2.80. The fourth-order valence-corrected chi connectivity index (χ4v) is 2.07. The molecule has 2 N–H and O–H groups in total. The Bertz CT molecular complexity index is 685. The molecule has 12 nitrogen and oxygen atoms in total. The Kier molecular flexibility index (Phi) is 5.71. The number of rotatable bonds is 7. The lowest BCUT2D eigenvalue weighted by molar-refractivity contribution is -0.546. The van der Waals surface area contributed by atoms with Gasteiger partial charge in [0.1, 0.15) is 7.11 Å². The highest BCUT2D eigenvalue weighted by molar-refractivity contribution is 7.89. The summed E-state index contributed by atoms with van der Waals surface area (Å²) in [4.78, 5) is 26.5. The first-order valence-corrected chi connectivity index (χ1v) is 6.98. The van der Waals surface area contributed by atoms with Crippen LogP contribution >= 0.6 is 0 Å². The Morgan fingerprint density at radius 2 is 1.91 bits per heavy atom. The van der Waals surface area contributed by atoms with Crippen LogP contribution in [0.4, 0.5) is 5.69 Å². The van der Waals surface area contributed by atoms with E-state index in [1.54, 1.807) is 10.3 Å². The Morgan fingerprint density at radius 1 is 1.32 bits per heavy atom. The maximum Gasteiger partial charge on any atom is 0.304 e. The van der Waals surface area contributed by atoms with E-state index >= 15 is 0 Å². The third-order valence-electron chi connectivity index (χ3n) is 2.13. The van der Waals surface area contributed by atoms with Crippen molar-refractivity contribution in [1.29, 1.82) is 0 Å². The third kappa shape index (κ3) is 4.95. The molecule has 1 aromatic rings. The number of sulfonamides is 1. The number of carbonyl (C=O) groups is 1. The van der Waals surface area contributed by atoms with E-state index in [9.17, 15) is 28.5 Å². The van der Waals surface area contributed by atoms with Crippen molar-refractivity contribution in [2.75, 3.05) is 13.7 Å². The number of carbonyl (C=O) groups excluding carboxylic acids is 1. The first-order chi connectivity index (χ1) is 10.3. The van der Waals surface area contributed by atoms with Gasteiger partial charge in [-0.25, -0.2) is 8.42 Å². The van der Waals surface area contributed by atoms with Crippen molar-refractivity contribution in [3.8, 4) is 0 Å². The molecule has 13 heteroatoms. The maximum atomic E-state index is 11.8. The van der Waals surface area contributed by atoms with Crippen LogP contribution in [0.15, 0.2) is 34.4 Å². The predicted octanol–water partition coefficient (Wildman–Crippen LogP) is -0.572. The van der Waals surface area contributed by atoms with Crippen LogP contribution in [0.2, 0.25) is 0 Å². The Morgan fingerprint density at radius 3 is 2.41 bits per heavy atom. The van der Waals surface area contributed by atoms with Gasteiger partial charge in [0.15, 0.2) is 5.28 Å². The van der Waals surface area contributed by atoms with E-state index in [0.717, 1.165) is 31.4 Å². The molecular weight excluding hydrogens is 322 g/mol. The molecule has 0 atom stereocenters. The van der Waals surface area contributed by atoms with Gasteiger partial charge in [0, 0.05) is 12.1 Å². The summed E-state index contributed by atoms with van der Waals surface area (Å²) in [5.74, 6) is -0.985. The van der Waals surface area contributed by atoms with Gasteiger partial charge in [0.2, 0.25) is 0 Å². The zero-order chi connectivity index (χ0) is 16.8. The summed E-state index contributed by atoms with van der Waals surface area (Å²) in [5.41, 5.74) is 1.49. The van der Waals surface area contributed by atoms with Crippen LogP contribution < -0.4 is 10.3 Å². The summed E-state index contributed by atoms with van der Waals surface area (Å²) in [5, 5.41) is 24.2. The molecule has 0 spiro atoms. The van der Waals surface area contributed by atoms with E-state index < -0.39 is 27.4 Å². The lowest BCUT2D eigenvalue weighted by Crippen LogP contribution is -2.44. The van der Waals surface area contributed by atoms with Gasteiger partial charge in [-0.2, -0.15) is 0 Å². The molecule has 0 aromatic heterocycles. The molecule has 0 fully saturated rings. The fraction of sp³-hybridized carbons (Fsp3) is 0.222. The molecule has 0 aliphatic heterocycles. The lowest BCUT2D eigenvalue weighted by Gasteiger charge is -2.07. The van der Waals surface area contributed by atoms with Crippen molar-refractivity contribution in [3.05, 3.63) is 39.6 Å². The predicted molar refractivity (Wildman–Crippen MR) is 69.5 cm³/mol. The van der Waals surface area contributed by atoms with Crippen molar-refractivity contribution in [2.24, 2.45) is 5.28 Å². The number of amides is 1. The van der Waals surface area contributed by atoms with Crippen LogP contribution in [0, 0.1) is 15.3 Å². The van der Waals surface area contributed by atoms with Crippen LogP contribution in [-0.2, 0) is 19.7 Å². The summed E-state index contributed by atoms with van der Waals surface area (Å²) >= 11 is 0. The van der Waals surface area contributed by atoms with Gasteiger partial charge in [0.25, 0.3) is 22.3 Å². The molecule has 0 aliphatic carbocycles. The van der Waals surface area contributed by atoms with Crippen LogP contribution in [-0.4, -0.2) is 37.8 Å². The van der Waals surface area contributed by atoms with Gasteiger partial charge in [-0.05, 0) is 17.0 Å². The van der Waals surface area contributed by atoms with Crippen LogP contribution in [0.1, 0.15) is 0 Å². The van der Waals surface area contributed by atoms with Gasteiger partial charge in [-0.15, -0.1) is 4.83 Å². The minimum atomic E-state index is -4.13. The number of benzene rings is 1. The number of nitro benzene ring substituents is 1. The van der Waals surface area contributed by atoms with E-state index in [4.69, 9.17) is 0 Å². The lowest BCUT2D eigenvalue weighted by atomic mass is 10.3. The van der Waals surface area contributed by atoms with Gasteiger partial charge >= 0.3 is 5.91 Å². The minimum Gasteiger partial charge on any atom is -0.597 e. The second-order valence-electron chi connectivity index (χ2n) is 3.68. The second kappa shape index (κ2) is 7.28. The van der Waals surface area contributed by atoms with Crippen LogP contribution in [0.5, 0.6) is 0 Å². The van der Waals surface area contributed by atoms with Crippen molar-refractivity contribution in [2.45, 2.75) is 4.90 Å². The smallest absolute Gasteiger partial charge is 0.304 e. The number of non-ortho nitro benzene ring substituents is 1. The first-order valence-electron chi connectivity index (χ1n) is 5.50. The normalized spacial score (nSPS) is 11.8. The largest absolute Gasteiger partial charge is 0.597 e. The molecule has 0 radical (unpaired) electrons. The quantitative estimate of drug-likeness (QED) is 0.291. The van der Waals surface area contributed by atoms with E-state index in [-0.39, 0.29) is 15.4 Å². The van der Waals surface area contributed by atoms with Crippen molar-refractivity contribution < 1.29 is 27.8 Å². The number of nitro groups is 1. The first kappa shape index (κ1) is 17.3. The Balaban J connectivity index is 2.69. The number of hydrogen-bond donors (Lipinski definition) is 2. The fourth-order valence-electron chi connectivity index (χ4n) is 1.21. The number of hydrogen-bond acceptors (Lipinski definition) is 8. The summed E-state index contributed by atoms with van der Waals surface area (Å²) in [6, 6.07) is 3.97. The zero-order valence-corrected chi connectivity index (χ0v) is 11.9. The van der Waals surface area contributed by atoms with E-state index in [2.05, 4.69) is 10.1 Å². The van der Waals surface area contributed by atoms with Gasteiger partial charge in [-0.3, -0.25) is 20.3 Å². The molecule has 1 amide bonds. The molecule has 120 valence electrons.